The molecule has 8 heteroatoms. The topological polar surface area (TPSA) is 114 Å². The third kappa shape index (κ3) is 3.56. The van der Waals surface area contributed by atoms with Gasteiger partial charge in [-0.1, -0.05) is 0 Å². The summed E-state index contributed by atoms with van der Waals surface area (Å²) in [5.41, 5.74) is 1.49. The van der Waals surface area contributed by atoms with Gasteiger partial charge in [-0.05, 0) is 30.3 Å². The molecule has 0 saturated carbocycles. The van der Waals surface area contributed by atoms with E-state index >= 15 is 0 Å². The Morgan fingerprint density at radius 3 is 2.43 bits per heavy atom. The second-order valence-corrected chi connectivity index (χ2v) is 5.76. The van der Waals surface area contributed by atoms with E-state index < -0.39 is 10.0 Å². The predicted octanol–water partition coefficient (Wildman–Crippen LogP) is 1.02. The first-order valence-corrected chi connectivity index (χ1v) is 7.52. The number of nitrogens with two attached hydrogens (primary N) is 1. The number of carbonyl (C=O) groups excluding carboxylic acids is 1. The first-order chi connectivity index (χ1) is 9.91. The van der Waals surface area contributed by atoms with Crippen LogP contribution < -0.4 is 15.8 Å². The molecule has 1 aromatic carbocycles. The summed E-state index contributed by atoms with van der Waals surface area (Å²) in [5.74, 6) is -0.329. The van der Waals surface area contributed by atoms with Gasteiger partial charge < -0.3 is 10.6 Å². The molecule has 1 aromatic heterocycles. The summed E-state index contributed by atoms with van der Waals surface area (Å²) in [6, 6.07) is 7.18. The number of nitrogens with one attached hydrogen (secondary N) is 2. The van der Waals surface area contributed by atoms with Crippen molar-refractivity contribution in [2.75, 3.05) is 17.7 Å². The molecule has 1 heterocycles. The first kappa shape index (κ1) is 14.9. The highest BCUT2D eigenvalue weighted by Crippen LogP contribution is 2.17. The summed E-state index contributed by atoms with van der Waals surface area (Å²) in [7, 11) is -2.05. The van der Waals surface area contributed by atoms with Gasteiger partial charge in [0.1, 0.15) is 0 Å². The molecule has 0 spiro atoms. The highest BCUT2D eigenvalue weighted by Gasteiger charge is 2.12. The van der Waals surface area contributed by atoms with Crippen LogP contribution in [0.2, 0.25) is 0 Å². The Morgan fingerprint density at radius 1 is 1.19 bits per heavy atom. The van der Waals surface area contributed by atoms with Gasteiger partial charge in [0.25, 0.3) is 5.91 Å². The van der Waals surface area contributed by atoms with Crippen molar-refractivity contribution in [2.45, 2.75) is 4.90 Å². The third-order valence-corrected chi connectivity index (χ3v) is 3.70. The molecule has 0 aliphatic heterocycles. The Labute approximate surface area is 122 Å². The standard InChI is InChI=1S/C13H14N4O3S/c1-15-12-8-16-7-6-11(12)13(18)17-9-2-4-10(5-3-9)21(14,19)20/h2-8,15H,1H3,(H,17,18)(H2,14,19,20). The molecule has 0 fully saturated rings. The molecule has 0 atom stereocenters. The molecule has 21 heavy (non-hydrogen) atoms. The van der Waals surface area contributed by atoms with E-state index in [-0.39, 0.29) is 10.8 Å². The Kier molecular flexibility index (Phi) is 4.20. The van der Waals surface area contributed by atoms with Gasteiger partial charge in [-0.25, -0.2) is 13.6 Å². The van der Waals surface area contributed by atoms with Gasteiger partial charge in [0.05, 0.1) is 22.3 Å². The number of sulfonamides is 1. The maximum Gasteiger partial charge on any atom is 0.257 e. The molecule has 110 valence electrons. The molecule has 0 saturated heterocycles. The van der Waals surface area contributed by atoms with E-state index in [1.165, 1.54) is 30.5 Å². The maximum absolute atomic E-state index is 12.2. The molecule has 0 bridgehead atoms. The average molecular weight is 306 g/mol. The normalized spacial score (nSPS) is 11.0. The fourth-order valence-corrected chi connectivity index (χ4v) is 2.23. The van der Waals surface area contributed by atoms with Crippen LogP contribution in [-0.4, -0.2) is 26.4 Å². The number of benzene rings is 1. The highest BCUT2D eigenvalue weighted by molar-refractivity contribution is 7.89. The highest BCUT2D eigenvalue weighted by atomic mass is 32.2. The number of aromatic nitrogens is 1. The van der Waals surface area contributed by atoms with Crippen molar-refractivity contribution >= 4 is 27.3 Å². The number of primary sulfonamides is 1. The van der Waals surface area contributed by atoms with Crippen LogP contribution in [0.4, 0.5) is 11.4 Å². The lowest BCUT2D eigenvalue weighted by Crippen LogP contribution is -2.15. The van der Waals surface area contributed by atoms with E-state index in [0.29, 0.717) is 16.9 Å². The number of nitrogens with zero attached hydrogens (tertiary/aromatic N) is 1. The van der Waals surface area contributed by atoms with Gasteiger partial charge in [0.15, 0.2) is 0 Å². The molecule has 7 nitrogen and oxygen atoms in total. The van der Waals surface area contributed by atoms with Crippen molar-refractivity contribution in [3.05, 3.63) is 48.3 Å². The van der Waals surface area contributed by atoms with Crippen LogP contribution in [0.1, 0.15) is 10.4 Å². The van der Waals surface area contributed by atoms with E-state index in [2.05, 4.69) is 15.6 Å². The number of anilines is 2. The van der Waals surface area contributed by atoms with Crippen LogP contribution >= 0.6 is 0 Å². The van der Waals surface area contributed by atoms with E-state index in [1.807, 2.05) is 0 Å². The molecule has 0 radical (unpaired) electrons. The average Bonchev–Trinajstić information content (AvgIpc) is 2.46. The minimum atomic E-state index is -3.74. The zero-order chi connectivity index (χ0) is 15.5. The Balaban J connectivity index is 2.20. The van der Waals surface area contributed by atoms with Crippen molar-refractivity contribution in [1.82, 2.24) is 4.98 Å². The first-order valence-electron chi connectivity index (χ1n) is 5.98. The second-order valence-electron chi connectivity index (χ2n) is 4.19. The molecule has 0 aliphatic rings. The summed E-state index contributed by atoms with van der Waals surface area (Å²) in [5, 5.41) is 10.5. The van der Waals surface area contributed by atoms with Gasteiger partial charge >= 0.3 is 0 Å². The third-order valence-electron chi connectivity index (χ3n) is 2.78. The van der Waals surface area contributed by atoms with Gasteiger partial charge in [0, 0.05) is 18.9 Å². The fraction of sp³-hybridized carbons (Fsp3) is 0.0769. The molecular formula is C13H14N4O3S. The maximum atomic E-state index is 12.2. The summed E-state index contributed by atoms with van der Waals surface area (Å²) >= 11 is 0. The lowest BCUT2D eigenvalue weighted by molar-refractivity contribution is 0.102. The van der Waals surface area contributed by atoms with E-state index in [1.54, 1.807) is 19.3 Å². The zero-order valence-electron chi connectivity index (χ0n) is 11.2. The SMILES string of the molecule is CNc1cnccc1C(=O)Nc1ccc(S(N)(=O)=O)cc1. The molecule has 4 N–H and O–H groups in total. The summed E-state index contributed by atoms with van der Waals surface area (Å²) in [6.07, 6.45) is 3.05. The lowest BCUT2D eigenvalue weighted by Gasteiger charge is -2.09. The molecule has 0 unspecified atom stereocenters. The van der Waals surface area contributed by atoms with E-state index in [9.17, 15) is 13.2 Å². The van der Waals surface area contributed by atoms with E-state index in [4.69, 9.17) is 5.14 Å². The van der Waals surface area contributed by atoms with E-state index in [0.717, 1.165) is 0 Å². The molecule has 0 aliphatic carbocycles. The van der Waals surface area contributed by atoms with Crippen LogP contribution in [-0.2, 0) is 10.0 Å². The van der Waals surface area contributed by atoms with Gasteiger partial charge in [0.2, 0.25) is 10.0 Å². The summed E-state index contributed by atoms with van der Waals surface area (Å²) < 4.78 is 22.3. The number of pyridine rings is 1. The largest absolute Gasteiger partial charge is 0.386 e. The van der Waals surface area contributed by atoms with Crippen molar-refractivity contribution in [1.29, 1.82) is 0 Å². The number of carbonyl (C=O) groups is 1. The Morgan fingerprint density at radius 2 is 1.86 bits per heavy atom. The lowest BCUT2D eigenvalue weighted by atomic mass is 10.2. The Hall–Kier alpha value is -2.45. The van der Waals surface area contributed by atoms with Gasteiger partial charge in [-0.3, -0.25) is 9.78 Å². The van der Waals surface area contributed by atoms with Crippen LogP contribution in [0.5, 0.6) is 0 Å². The number of amides is 1. The molecular weight excluding hydrogens is 292 g/mol. The van der Waals surface area contributed by atoms with Gasteiger partial charge in [-0.15, -0.1) is 0 Å². The van der Waals surface area contributed by atoms with Gasteiger partial charge in [-0.2, -0.15) is 0 Å². The number of hydrogen-bond acceptors (Lipinski definition) is 5. The van der Waals surface area contributed by atoms with Crippen molar-refractivity contribution in [3.63, 3.8) is 0 Å². The fourth-order valence-electron chi connectivity index (χ4n) is 1.72. The summed E-state index contributed by atoms with van der Waals surface area (Å²) in [6.45, 7) is 0. The van der Waals surface area contributed by atoms with Crippen LogP contribution in [0.15, 0.2) is 47.6 Å². The zero-order valence-corrected chi connectivity index (χ0v) is 12.0. The number of rotatable bonds is 4. The van der Waals surface area contributed by atoms with Crippen LogP contribution in [0, 0.1) is 0 Å². The van der Waals surface area contributed by atoms with Crippen molar-refractivity contribution in [2.24, 2.45) is 5.14 Å². The number of hydrogen-bond donors (Lipinski definition) is 3. The molecule has 2 aromatic rings. The summed E-state index contributed by atoms with van der Waals surface area (Å²) in [4.78, 5) is 16.1. The minimum Gasteiger partial charge on any atom is -0.386 e. The van der Waals surface area contributed by atoms with Crippen LogP contribution in [0.3, 0.4) is 0 Å². The molecule has 1 amide bonds. The smallest absolute Gasteiger partial charge is 0.257 e. The second kappa shape index (κ2) is 5.90. The Bertz CT molecular complexity index is 757. The monoisotopic (exact) mass is 306 g/mol. The molecule has 2 rings (SSSR count). The quantitative estimate of drug-likeness (QED) is 0.780. The minimum absolute atomic E-state index is 0.0136. The van der Waals surface area contributed by atoms with Crippen molar-refractivity contribution in [3.8, 4) is 0 Å². The predicted molar refractivity (Wildman–Crippen MR) is 79.6 cm³/mol. The van der Waals surface area contributed by atoms with Crippen LogP contribution in [0.25, 0.3) is 0 Å². The van der Waals surface area contributed by atoms with Crippen molar-refractivity contribution < 1.29 is 13.2 Å².